The third-order valence-electron chi connectivity index (χ3n) is 1.99. The monoisotopic (exact) mass is 204 g/mol. The maximum atomic E-state index is 8.43. The number of hydrogen-bond acceptors (Lipinski definition) is 2. The lowest BCUT2D eigenvalue weighted by Crippen LogP contribution is -1.83. The molecular weight excluding hydrogens is 184 g/mol. The Balaban J connectivity index is 0.000000272. The van der Waals surface area contributed by atoms with Crippen molar-refractivity contribution in [2.45, 2.75) is 40.5 Å². The molecule has 0 unspecified atom stereocenters. The Morgan fingerprint density at radius 1 is 1.40 bits per heavy atom. The van der Waals surface area contributed by atoms with Crippen molar-refractivity contribution in [2.24, 2.45) is 5.92 Å². The summed E-state index contributed by atoms with van der Waals surface area (Å²) in [5, 5.41) is 8.43. The summed E-state index contributed by atoms with van der Waals surface area (Å²) in [5.74, 6) is 1.08. The number of hydrogen-bond donors (Lipinski definition) is 0. The Bertz CT molecular complexity index is 309. The second-order valence-corrected chi connectivity index (χ2v) is 3.43. The highest BCUT2D eigenvalue weighted by molar-refractivity contribution is 5.31. The first-order chi connectivity index (χ1) is 7.24. The van der Waals surface area contributed by atoms with E-state index in [9.17, 15) is 0 Å². The first kappa shape index (κ1) is 13.6. The molecule has 1 aromatic heterocycles. The standard InChI is InChI=1S/C7H6N2.C4H8.C2H6/c1-6-7(5-8)3-2-4-9-6;1-4-2-3-4;1-2/h2-4H,1H3;4H,2-3H2,1H3;1-2H3. The lowest BCUT2D eigenvalue weighted by molar-refractivity contribution is 0.983. The van der Waals surface area contributed by atoms with Crippen molar-refractivity contribution in [2.75, 3.05) is 0 Å². The van der Waals surface area contributed by atoms with Crippen LogP contribution in [0.2, 0.25) is 0 Å². The molecular formula is C13H20N2. The fourth-order valence-electron chi connectivity index (χ4n) is 0.769. The number of nitriles is 1. The minimum Gasteiger partial charge on any atom is -0.260 e. The van der Waals surface area contributed by atoms with Crippen LogP contribution in [0.4, 0.5) is 0 Å². The predicted octanol–water partition coefficient (Wildman–Crippen LogP) is 3.70. The van der Waals surface area contributed by atoms with Gasteiger partial charge in [0, 0.05) is 6.20 Å². The molecule has 15 heavy (non-hydrogen) atoms. The van der Waals surface area contributed by atoms with Gasteiger partial charge in [0.1, 0.15) is 6.07 Å². The van der Waals surface area contributed by atoms with Crippen molar-refractivity contribution in [1.29, 1.82) is 5.26 Å². The summed E-state index contributed by atoms with van der Waals surface area (Å²) in [4.78, 5) is 3.93. The van der Waals surface area contributed by atoms with Gasteiger partial charge in [-0.3, -0.25) is 4.98 Å². The van der Waals surface area contributed by atoms with Gasteiger partial charge in [-0.2, -0.15) is 5.26 Å². The summed E-state index contributed by atoms with van der Waals surface area (Å²) in [6, 6.07) is 5.54. The van der Waals surface area contributed by atoms with Crippen molar-refractivity contribution in [1.82, 2.24) is 4.98 Å². The first-order valence-electron chi connectivity index (χ1n) is 5.55. The molecule has 1 aromatic rings. The van der Waals surface area contributed by atoms with Crippen LogP contribution in [-0.2, 0) is 0 Å². The molecule has 0 N–H and O–H groups in total. The smallest absolute Gasteiger partial charge is 0.101 e. The van der Waals surface area contributed by atoms with Crippen molar-refractivity contribution >= 4 is 0 Å². The topological polar surface area (TPSA) is 36.7 Å². The van der Waals surface area contributed by atoms with Gasteiger partial charge in [-0.15, -0.1) is 0 Å². The van der Waals surface area contributed by atoms with E-state index in [4.69, 9.17) is 5.26 Å². The molecule has 0 atom stereocenters. The molecule has 0 saturated heterocycles. The van der Waals surface area contributed by atoms with Crippen LogP contribution in [0, 0.1) is 24.2 Å². The van der Waals surface area contributed by atoms with Gasteiger partial charge in [-0.25, -0.2) is 0 Å². The summed E-state index contributed by atoms with van der Waals surface area (Å²) < 4.78 is 0. The molecule has 1 fully saturated rings. The van der Waals surface area contributed by atoms with Crippen LogP contribution in [0.1, 0.15) is 44.9 Å². The van der Waals surface area contributed by atoms with Crippen molar-refractivity contribution in [3.8, 4) is 6.07 Å². The van der Waals surface area contributed by atoms with Crippen molar-refractivity contribution < 1.29 is 0 Å². The predicted molar refractivity (Wildman–Crippen MR) is 63.4 cm³/mol. The lowest BCUT2D eigenvalue weighted by Gasteiger charge is -1.89. The van der Waals surface area contributed by atoms with E-state index < -0.39 is 0 Å². The van der Waals surface area contributed by atoms with Crippen LogP contribution in [0.15, 0.2) is 18.3 Å². The fourth-order valence-corrected chi connectivity index (χ4v) is 0.769. The molecule has 1 aliphatic carbocycles. The summed E-state index contributed by atoms with van der Waals surface area (Å²) >= 11 is 0. The zero-order valence-electron chi connectivity index (χ0n) is 10.1. The maximum Gasteiger partial charge on any atom is 0.101 e. The molecule has 0 bridgehead atoms. The van der Waals surface area contributed by atoms with Gasteiger partial charge in [-0.1, -0.05) is 33.6 Å². The number of rotatable bonds is 0. The van der Waals surface area contributed by atoms with Gasteiger partial charge >= 0.3 is 0 Å². The fraction of sp³-hybridized carbons (Fsp3) is 0.538. The lowest BCUT2D eigenvalue weighted by atomic mass is 10.2. The van der Waals surface area contributed by atoms with E-state index in [0.29, 0.717) is 5.56 Å². The SMILES string of the molecule is CC.CC1CC1.Cc1ncccc1C#N. The van der Waals surface area contributed by atoms with Crippen molar-refractivity contribution in [3.63, 3.8) is 0 Å². The second kappa shape index (κ2) is 7.99. The van der Waals surface area contributed by atoms with E-state index in [-0.39, 0.29) is 0 Å². The molecule has 0 aliphatic heterocycles. The van der Waals surface area contributed by atoms with E-state index >= 15 is 0 Å². The molecule has 2 heteroatoms. The van der Waals surface area contributed by atoms with E-state index in [1.54, 1.807) is 18.3 Å². The molecule has 1 aliphatic rings. The van der Waals surface area contributed by atoms with Gasteiger partial charge < -0.3 is 0 Å². The van der Waals surface area contributed by atoms with Crippen LogP contribution in [-0.4, -0.2) is 4.98 Å². The molecule has 0 amide bonds. The molecule has 0 aromatic carbocycles. The highest BCUT2D eigenvalue weighted by Gasteiger charge is 2.12. The number of aryl methyl sites for hydroxylation is 1. The van der Waals surface area contributed by atoms with Crippen LogP contribution in [0.3, 0.4) is 0 Å². The van der Waals surface area contributed by atoms with Gasteiger partial charge in [0.05, 0.1) is 11.3 Å². The molecule has 1 saturated carbocycles. The van der Waals surface area contributed by atoms with E-state index in [1.807, 2.05) is 26.8 Å². The number of pyridine rings is 1. The minimum atomic E-state index is 0.650. The number of nitrogens with zero attached hydrogens (tertiary/aromatic N) is 2. The maximum absolute atomic E-state index is 8.43. The average Bonchev–Trinajstić information content (AvgIpc) is 3.05. The highest BCUT2D eigenvalue weighted by Crippen LogP contribution is 2.26. The molecule has 2 rings (SSSR count). The third-order valence-corrected chi connectivity index (χ3v) is 1.99. The van der Waals surface area contributed by atoms with Gasteiger partial charge in [0.25, 0.3) is 0 Å². The quantitative estimate of drug-likeness (QED) is 0.646. The van der Waals surface area contributed by atoms with Crippen LogP contribution in [0.25, 0.3) is 0 Å². The Labute approximate surface area is 93.0 Å². The van der Waals surface area contributed by atoms with Crippen LogP contribution in [0.5, 0.6) is 0 Å². The third kappa shape index (κ3) is 6.68. The Kier molecular flexibility index (Phi) is 7.27. The zero-order valence-corrected chi connectivity index (χ0v) is 10.1. The zero-order chi connectivity index (χ0) is 11.7. The molecule has 0 spiro atoms. The molecule has 1 heterocycles. The Hall–Kier alpha value is -1.36. The Morgan fingerprint density at radius 3 is 2.20 bits per heavy atom. The summed E-state index contributed by atoms with van der Waals surface area (Å²) in [6.45, 7) is 8.10. The molecule has 0 radical (unpaired) electrons. The van der Waals surface area contributed by atoms with E-state index in [1.165, 1.54) is 12.8 Å². The summed E-state index contributed by atoms with van der Waals surface area (Å²) in [5.41, 5.74) is 1.44. The largest absolute Gasteiger partial charge is 0.260 e. The molecule has 82 valence electrons. The normalized spacial score (nSPS) is 12.5. The highest BCUT2D eigenvalue weighted by atomic mass is 14.7. The van der Waals surface area contributed by atoms with E-state index in [2.05, 4.69) is 11.9 Å². The van der Waals surface area contributed by atoms with Gasteiger partial charge in [0.2, 0.25) is 0 Å². The number of aromatic nitrogens is 1. The van der Waals surface area contributed by atoms with Crippen LogP contribution < -0.4 is 0 Å². The van der Waals surface area contributed by atoms with Gasteiger partial charge in [-0.05, 0) is 25.0 Å². The van der Waals surface area contributed by atoms with Gasteiger partial charge in [0.15, 0.2) is 0 Å². The van der Waals surface area contributed by atoms with Crippen molar-refractivity contribution in [3.05, 3.63) is 29.6 Å². The minimum absolute atomic E-state index is 0.650. The second-order valence-electron chi connectivity index (χ2n) is 3.43. The summed E-state index contributed by atoms with van der Waals surface area (Å²) in [7, 11) is 0. The molecule has 2 nitrogen and oxygen atoms in total. The summed E-state index contributed by atoms with van der Waals surface area (Å²) in [6.07, 6.45) is 4.65. The van der Waals surface area contributed by atoms with Crippen LogP contribution >= 0.6 is 0 Å². The van der Waals surface area contributed by atoms with E-state index in [0.717, 1.165) is 11.6 Å². The Morgan fingerprint density at radius 2 is 1.93 bits per heavy atom. The first-order valence-corrected chi connectivity index (χ1v) is 5.55. The average molecular weight is 204 g/mol.